The molecule has 0 fully saturated rings. The second kappa shape index (κ2) is 6.68. The van der Waals surface area contributed by atoms with E-state index in [9.17, 15) is 0 Å². The summed E-state index contributed by atoms with van der Waals surface area (Å²) < 4.78 is 0. The van der Waals surface area contributed by atoms with Crippen LogP contribution >= 0.6 is 0 Å². The van der Waals surface area contributed by atoms with Gasteiger partial charge in [-0.25, -0.2) is 0 Å². The summed E-state index contributed by atoms with van der Waals surface area (Å²) in [4.78, 5) is 0. The van der Waals surface area contributed by atoms with Gasteiger partial charge in [0.1, 0.15) is 0 Å². The third-order valence-electron chi connectivity index (χ3n) is 2.51. The molecule has 0 unspecified atom stereocenters. The fourth-order valence-corrected chi connectivity index (χ4v) is 1.48. The molecule has 4 nitrogen and oxygen atoms in total. The molecule has 0 saturated carbocycles. The Morgan fingerprint density at radius 2 is 1.76 bits per heavy atom. The Balaban J connectivity index is 2.73. The summed E-state index contributed by atoms with van der Waals surface area (Å²) in [5.74, 6) is -0.0242. The van der Waals surface area contributed by atoms with Gasteiger partial charge in [0.15, 0.2) is 0 Å². The fraction of sp³-hybridized carbons (Fsp3) is 0.385. The molecule has 0 saturated heterocycles. The van der Waals surface area contributed by atoms with Crippen LogP contribution in [0.3, 0.4) is 0 Å². The molecule has 0 spiro atoms. The van der Waals surface area contributed by atoms with Crippen molar-refractivity contribution in [1.29, 1.82) is 0 Å². The molecule has 0 aliphatic heterocycles. The van der Waals surface area contributed by atoms with Crippen LogP contribution in [0.25, 0.3) is 0 Å². The van der Waals surface area contributed by atoms with E-state index >= 15 is 0 Å². The molecular formula is C13H20N4. The van der Waals surface area contributed by atoms with E-state index in [1.165, 1.54) is 18.4 Å². The smallest absolute Gasteiger partial charge is 0.211 e. The normalized spacial score (nSPS) is 11.3. The number of aryl methyl sites for hydroxylation is 1. The molecule has 4 heteroatoms. The van der Waals surface area contributed by atoms with Gasteiger partial charge in [-0.1, -0.05) is 37.6 Å². The number of unbranched alkanes of at least 4 members (excludes halogenated alkanes) is 1. The van der Waals surface area contributed by atoms with E-state index in [-0.39, 0.29) is 5.96 Å². The predicted octanol–water partition coefficient (Wildman–Crippen LogP) is 2.03. The van der Waals surface area contributed by atoms with Crippen molar-refractivity contribution in [2.45, 2.75) is 33.1 Å². The van der Waals surface area contributed by atoms with Gasteiger partial charge in [0.25, 0.3) is 0 Å². The molecule has 4 N–H and O–H groups in total. The van der Waals surface area contributed by atoms with Gasteiger partial charge in [0.05, 0.1) is 5.71 Å². The number of guanidine groups is 1. The third-order valence-corrected chi connectivity index (χ3v) is 2.51. The molecule has 17 heavy (non-hydrogen) atoms. The van der Waals surface area contributed by atoms with Crippen molar-refractivity contribution in [3.8, 4) is 0 Å². The Bertz CT molecular complexity index is 400. The Morgan fingerprint density at radius 3 is 2.29 bits per heavy atom. The van der Waals surface area contributed by atoms with Gasteiger partial charge in [-0.3, -0.25) is 0 Å². The predicted molar refractivity (Wildman–Crippen MR) is 73.1 cm³/mol. The average molecular weight is 232 g/mol. The van der Waals surface area contributed by atoms with Crippen LogP contribution in [-0.2, 0) is 6.42 Å². The zero-order valence-electron chi connectivity index (χ0n) is 10.5. The first-order chi connectivity index (χ1) is 8.13. The molecule has 0 bridgehead atoms. The van der Waals surface area contributed by atoms with Crippen LogP contribution in [0.1, 0.15) is 37.8 Å². The van der Waals surface area contributed by atoms with Gasteiger partial charge in [0.2, 0.25) is 5.96 Å². The van der Waals surface area contributed by atoms with E-state index in [2.05, 4.69) is 29.3 Å². The first kappa shape index (κ1) is 13.2. The van der Waals surface area contributed by atoms with Crippen molar-refractivity contribution in [3.05, 3.63) is 35.4 Å². The van der Waals surface area contributed by atoms with Crippen molar-refractivity contribution in [3.63, 3.8) is 0 Å². The van der Waals surface area contributed by atoms with Gasteiger partial charge in [-0.05, 0) is 30.9 Å². The molecule has 0 aliphatic carbocycles. The third kappa shape index (κ3) is 4.68. The number of rotatable bonds is 5. The molecule has 0 atom stereocenters. The summed E-state index contributed by atoms with van der Waals surface area (Å²) in [6.07, 6.45) is 3.56. The van der Waals surface area contributed by atoms with Crippen LogP contribution in [-0.4, -0.2) is 11.7 Å². The lowest BCUT2D eigenvalue weighted by Crippen LogP contribution is -2.22. The van der Waals surface area contributed by atoms with Crippen molar-refractivity contribution >= 4 is 11.7 Å². The van der Waals surface area contributed by atoms with Crippen LogP contribution in [0.5, 0.6) is 0 Å². The summed E-state index contributed by atoms with van der Waals surface area (Å²) in [5.41, 5.74) is 13.6. The van der Waals surface area contributed by atoms with Crippen LogP contribution in [0.4, 0.5) is 0 Å². The fourth-order valence-electron chi connectivity index (χ4n) is 1.48. The second-order valence-corrected chi connectivity index (χ2v) is 4.01. The number of hydrogen-bond donors (Lipinski definition) is 2. The highest BCUT2D eigenvalue weighted by Crippen LogP contribution is 2.09. The average Bonchev–Trinajstić information content (AvgIpc) is 2.34. The van der Waals surface area contributed by atoms with Crippen molar-refractivity contribution in [1.82, 2.24) is 0 Å². The molecule has 1 aromatic rings. The van der Waals surface area contributed by atoms with Crippen molar-refractivity contribution in [2.24, 2.45) is 21.7 Å². The van der Waals surface area contributed by atoms with Crippen LogP contribution in [0.15, 0.2) is 34.5 Å². The van der Waals surface area contributed by atoms with Gasteiger partial charge in [-0.2, -0.15) is 5.10 Å². The van der Waals surface area contributed by atoms with Crippen LogP contribution in [0, 0.1) is 0 Å². The maximum Gasteiger partial charge on any atom is 0.211 e. The Kier molecular flexibility index (Phi) is 5.20. The minimum absolute atomic E-state index is 0.0242. The number of nitrogens with zero attached hydrogens (tertiary/aromatic N) is 2. The van der Waals surface area contributed by atoms with E-state index < -0.39 is 0 Å². The largest absolute Gasteiger partial charge is 0.369 e. The molecule has 1 aromatic carbocycles. The van der Waals surface area contributed by atoms with Crippen molar-refractivity contribution < 1.29 is 0 Å². The first-order valence-electron chi connectivity index (χ1n) is 5.86. The minimum Gasteiger partial charge on any atom is -0.369 e. The number of benzene rings is 1. The quantitative estimate of drug-likeness (QED) is 0.463. The Morgan fingerprint density at radius 1 is 1.12 bits per heavy atom. The maximum absolute atomic E-state index is 5.22. The number of hydrogen-bond acceptors (Lipinski definition) is 2. The summed E-state index contributed by atoms with van der Waals surface area (Å²) >= 11 is 0. The van der Waals surface area contributed by atoms with Gasteiger partial charge in [-0.15, -0.1) is 5.10 Å². The van der Waals surface area contributed by atoms with Crippen LogP contribution < -0.4 is 11.5 Å². The summed E-state index contributed by atoms with van der Waals surface area (Å²) in [6.45, 7) is 4.08. The zero-order chi connectivity index (χ0) is 12.7. The lowest BCUT2D eigenvalue weighted by Gasteiger charge is -2.02. The highest BCUT2D eigenvalue weighted by Gasteiger charge is 1.98. The molecule has 1 rings (SSSR count). The zero-order valence-corrected chi connectivity index (χ0v) is 10.5. The highest BCUT2D eigenvalue weighted by molar-refractivity contribution is 5.99. The summed E-state index contributed by atoms with van der Waals surface area (Å²) in [5, 5.41) is 7.57. The summed E-state index contributed by atoms with van der Waals surface area (Å²) in [7, 11) is 0. The summed E-state index contributed by atoms with van der Waals surface area (Å²) in [6, 6.07) is 8.34. The SMILES string of the molecule is CCCCc1ccc(/C(C)=N\N=C(N)N)cc1. The van der Waals surface area contributed by atoms with Crippen molar-refractivity contribution in [2.75, 3.05) is 0 Å². The Hall–Kier alpha value is -1.84. The molecular weight excluding hydrogens is 212 g/mol. The first-order valence-corrected chi connectivity index (χ1v) is 5.86. The van der Waals surface area contributed by atoms with E-state index in [4.69, 9.17) is 11.5 Å². The topological polar surface area (TPSA) is 76.8 Å². The highest BCUT2D eigenvalue weighted by atomic mass is 15.3. The number of nitrogens with two attached hydrogens (primary N) is 2. The van der Waals surface area contributed by atoms with Gasteiger partial charge in [0, 0.05) is 0 Å². The molecule has 0 heterocycles. The van der Waals surface area contributed by atoms with E-state index in [1.54, 1.807) is 0 Å². The van der Waals surface area contributed by atoms with E-state index in [0.29, 0.717) is 0 Å². The van der Waals surface area contributed by atoms with Gasteiger partial charge >= 0.3 is 0 Å². The molecule has 0 amide bonds. The second-order valence-electron chi connectivity index (χ2n) is 4.01. The van der Waals surface area contributed by atoms with E-state index in [1.807, 2.05) is 19.1 Å². The molecule has 0 radical (unpaired) electrons. The lowest BCUT2D eigenvalue weighted by atomic mass is 10.0. The maximum atomic E-state index is 5.22. The monoisotopic (exact) mass is 232 g/mol. The van der Waals surface area contributed by atoms with E-state index in [0.717, 1.165) is 17.7 Å². The Labute approximate surface area is 102 Å². The lowest BCUT2D eigenvalue weighted by molar-refractivity contribution is 0.795. The standard InChI is InChI=1S/C13H20N4/c1-3-4-5-11-6-8-12(9-7-11)10(2)16-17-13(14)15/h6-9H,3-5H2,1-2H3,(H4,14,15,17)/b16-10-. The molecule has 0 aliphatic rings. The van der Waals surface area contributed by atoms with Gasteiger partial charge < -0.3 is 11.5 Å². The molecule has 92 valence electrons. The van der Waals surface area contributed by atoms with Crippen LogP contribution in [0.2, 0.25) is 0 Å². The minimum atomic E-state index is -0.0242. The molecule has 0 aromatic heterocycles.